The Morgan fingerprint density at radius 2 is 1.39 bits per heavy atom. The third kappa shape index (κ3) is 5.06. The number of unbranched alkanes of at least 4 members (excludes halogenated alkanes) is 3. The van der Waals surface area contributed by atoms with E-state index < -0.39 is 11.2 Å². The highest BCUT2D eigenvalue weighted by Crippen LogP contribution is 2.40. The zero-order valence-electron chi connectivity index (χ0n) is 22.5. The van der Waals surface area contributed by atoms with E-state index in [1.165, 1.54) is 32.3 Å². The van der Waals surface area contributed by atoms with Gasteiger partial charge in [-0.15, -0.1) is 0 Å². The summed E-state index contributed by atoms with van der Waals surface area (Å²) in [5.74, 6) is 5.77. The third-order valence-corrected chi connectivity index (χ3v) is 7.59. The first kappa shape index (κ1) is 26.3. The predicted octanol–water partition coefficient (Wildman–Crippen LogP) is 4.66. The predicted molar refractivity (Wildman–Crippen MR) is 164 cm³/mol. The molecule has 0 bridgehead atoms. The molecular formula is C34H29N3O4. The Labute approximate surface area is 235 Å². The molecule has 0 atom stereocenters. The lowest BCUT2D eigenvalue weighted by Gasteiger charge is -2.14. The second-order valence-electron chi connectivity index (χ2n) is 10.3. The molecule has 6 aromatic rings. The average molecular weight is 544 g/mol. The van der Waals surface area contributed by atoms with Gasteiger partial charge in [-0.2, -0.15) is 0 Å². The fourth-order valence-corrected chi connectivity index (χ4v) is 5.63. The first-order valence-electron chi connectivity index (χ1n) is 13.9. The molecule has 0 fully saturated rings. The maximum Gasteiger partial charge on any atom is 0.328 e. The number of fused-ring (bicyclic) bond motifs is 2. The number of aromatic nitrogens is 2. The molecule has 1 amide bonds. The molecular weight excluding hydrogens is 514 g/mol. The molecule has 1 heterocycles. The topological polar surface area (TPSA) is 104 Å². The summed E-state index contributed by atoms with van der Waals surface area (Å²) in [6.45, 7) is 0.437. The van der Waals surface area contributed by atoms with Crippen molar-refractivity contribution < 1.29 is 9.90 Å². The summed E-state index contributed by atoms with van der Waals surface area (Å²) in [5, 5.41) is 20.9. The molecule has 3 N–H and O–H groups in total. The van der Waals surface area contributed by atoms with E-state index in [1.807, 2.05) is 18.2 Å². The molecule has 0 spiro atoms. The molecule has 0 aliphatic heterocycles. The molecule has 0 aliphatic rings. The van der Waals surface area contributed by atoms with Gasteiger partial charge in [-0.3, -0.25) is 19.1 Å². The van der Waals surface area contributed by atoms with E-state index in [0.29, 0.717) is 6.54 Å². The van der Waals surface area contributed by atoms with Crippen LogP contribution in [0.25, 0.3) is 43.1 Å². The lowest BCUT2D eigenvalue weighted by molar-refractivity contribution is -0.121. The van der Waals surface area contributed by atoms with Gasteiger partial charge in [0, 0.05) is 24.9 Å². The Balaban J connectivity index is 1.33. The number of carbonyl (C=O) groups is 1. The number of hydrogen-bond acceptors (Lipinski definition) is 4. The minimum atomic E-state index is -0.659. The number of H-pyrrole nitrogens is 1. The van der Waals surface area contributed by atoms with Crippen LogP contribution in [-0.2, 0) is 11.3 Å². The highest BCUT2D eigenvalue weighted by atomic mass is 16.3. The number of hydrogen-bond donors (Lipinski definition) is 3. The standard InChI is InChI=1S/C34H29N3O4/c38-19-4-2-1-3-18-35-30(39)21-37-20-24(33(40)36-34(37)41)15-14-22-16-17-29-27-12-6-9-23-8-5-11-26(31(23)27)28-13-7-10-25(22)32(28)29/h5-13,16-17,20,38H,1-4,18-19,21H2,(H,35,39)(H,36,40,41). The third-order valence-electron chi connectivity index (χ3n) is 7.59. The van der Waals surface area contributed by atoms with Gasteiger partial charge in [-0.1, -0.05) is 85.3 Å². The van der Waals surface area contributed by atoms with Crippen molar-refractivity contribution in [2.75, 3.05) is 13.2 Å². The van der Waals surface area contributed by atoms with Crippen molar-refractivity contribution >= 4 is 49.0 Å². The number of benzene rings is 5. The molecule has 0 saturated carbocycles. The Hall–Kier alpha value is -4.93. The van der Waals surface area contributed by atoms with Crippen molar-refractivity contribution in [1.82, 2.24) is 14.9 Å². The molecule has 0 saturated heterocycles. The van der Waals surface area contributed by atoms with Crippen LogP contribution in [0.15, 0.2) is 82.5 Å². The second kappa shape index (κ2) is 11.3. The molecule has 5 aromatic carbocycles. The lowest BCUT2D eigenvalue weighted by Crippen LogP contribution is -2.36. The first-order chi connectivity index (χ1) is 20.0. The number of amides is 1. The fraction of sp³-hybridized carbons (Fsp3) is 0.206. The molecule has 41 heavy (non-hydrogen) atoms. The monoisotopic (exact) mass is 543 g/mol. The van der Waals surface area contributed by atoms with Crippen molar-refractivity contribution in [1.29, 1.82) is 0 Å². The van der Waals surface area contributed by atoms with E-state index in [9.17, 15) is 14.4 Å². The van der Waals surface area contributed by atoms with E-state index in [2.05, 4.69) is 70.7 Å². The van der Waals surface area contributed by atoms with E-state index in [4.69, 9.17) is 5.11 Å². The molecule has 7 heteroatoms. The summed E-state index contributed by atoms with van der Waals surface area (Å²) < 4.78 is 1.17. The minimum Gasteiger partial charge on any atom is -0.396 e. The normalized spacial score (nSPS) is 11.3. The Kier molecular flexibility index (Phi) is 7.24. The fourth-order valence-electron chi connectivity index (χ4n) is 5.63. The van der Waals surface area contributed by atoms with Gasteiger partial charge in [0.2, 0.25) is 5.91 Å². The largest absolute Gasteiger partial charge is 0.396 e. The van der Waals surface area contributed by atoms with E-state index in [1.54, 1.807) is 0 Å². The van der Waals surface area contributed by atoms with E-state index in [0.717, 1.165) is 52.8 Å². The Morgan fingerprint density at radius 1 is 0.756 bits per heavy atom. The second-order valence-corrected chi connectivity index (χ2v) is 10.3. The smallest absolute Gasteiger partial charge is 0.328 e. The average Bonchev–Trinajstić information content (AvgIpc) is 2.98. The number of carbonyl (C=O) groups excluding carboxylic acids is 1. The van der Waals surface area contributed by atoms with Crippen molar-refractivity contribution in [2.45, 2.75) is 32.2 Å². The van der Waals surface area contributed by atoms with Crippen LogP contribution in [0.3, 0.4) is 0 Å². The molecule has 1 aromatic heterocycles. The van der Waals surface area contributed by atoms with Crippen LogP contribution < -0.4 is 16.6 Å². The summed E-state index contributed by atoms with van der Waals surface area (Å²) in [6, 6.07) is 23.0. The molecule has 0 aliphatic carbocycles. The van der Waals surface area contributed by atoms with Gasteiger partial charge in [-0.05, 0) is 62.0 Å². The van der Waals surface area contributed by atoms with Gasteiger partial charge in [0.05, 0.1) is 0 Å². The minimum absolute atomic E-state index is 0.108. The van der Waals surface area contributed by atoms with Gasteiger partial charge in [-0.25, -0.2) is 4.79 Å². The van der Waals surface area contributed by atoms with Crippen LogP contribution in [0.4, 0.5) is 0 Å². The van der Waals surface area contributed by atoms with Crippen LogP contribution in [0.2, 0.25) is 0 Å². The maximum absolute atomic E-state index is 12.6. The maximum atomic E-state index is 12.6. The van der Waals surface area contributed by atoms with Gasteiger partial charge >= 0.3 is 5.69 Å². The number of aromatic amines is 1. The number of aliphatic hydroxyl groups is 1. The van der Waals surface area contributed by atoms with Gasteiger partial charge < -0.3 is 10.4 Å². The van der Waals surface area contributed by atoms with Gasteiger partial charge in [0.25, 0.3) is 5.56 Å². The van der Waals surface area contributed by atoms with Crippen LogP contribution in [0, 0.1) is 11.8 Å². The number of nitrogens with one attached hydrogen (secondary N) is 2. The van der Waals surface area contributed by atoms with Crippen LogP contribution >= 0.6 is 0 Å². The highest BCUT2D eigenvalue weighted by Gasteiger charge is 2.14. The van der Waals surface area contributed by atoms with Gasteiger partial charge in [0.1, 0.15) is 12.1 Å². The van der Waals surface area contributed by atoms with Crippen molar-refractivity contribution in [2.24, 2.45) is 0 Å². The zero-order chi connectivity index (χ0) is 28.3. The lowest BCUT2D eigenvalue weighted by atomic mass is 9.88. The van der Waals surface area contributed by atoms with Crippen molar-refractivity contribution in [3.05, 3.63) is 105 Å². The van der Waals surface area contributed by atoms with Crippen LogP contribution in [0.1, 0.15) is 36.8 Å². The van der Waals surface area contributed by atoms with Gasteiger partial charge in [0.15, 0.2) is 0 Å². The SMILES string of the molecule is O=C(Cn1cc(C#Cc2ccc3c4cccc5cccc(c6cccc2c63)c54)c(=O)[nH]c1=O)NCCCCCCO. The molecule has 7 nitrogen and oxygen atoms in total. The zero-order valence-corrected chi connectivity index (χ0v) is 22.5. The molecule has 6 rings (SSSR count). The summed E-state index contributed by atoms with van der Waals surface area (Å²) in [7, 11) is 0. The van der Waals surface area contributed by atoms with Crippen molar-refractivity contribution in [3.63, 3.8) is 0 Å². The summed E-state index contributed by atoms with van der Waals surface area (Å²) >= 11 is 0. The first-order valence-corrected chi connectivity index (χ1v) is 13.9. The quantitative estimate of drug-likeness (QED) is 0.112. The molecule has 0 unspecified atom stereocenters. The van der Waals surface area contributed by atoms with Crippen LogP contribution in [0.5, 0.6) is 0 Å². The van der Waals surface area contributed by atoms with Crippen LogP contribution in [-0.4, -0.2) is 33.7 Å². The molecule has 204 valence electrons. The van der Waals surface area contributed by atoms with E-state index >= 15 is 0 Å². The van der Waals surface area contributed by atoms with Crippen molar-refractivity contribution in [3.8, 4) is 11.8 Å². The number of aliphatic hydroxyl groups excluding tert-OH is 1. The Bertz CT molecular complexity index is 2050. The summed E-state index contributed by atoms with van der Waals surface area (Å²) in [4.78, 5) is 39.6. The number of rotatable bonds is 8. The summed E-state index contributed by atoms with van der Waals surface area (Å²) in [6.07, 6.45) is 4.68. The Morgan fingerprint density at radius 3 is 2.15 bits per heavy atom. The highest BCUT2D eigenvalue weighted by molar-refractivity contribution is 6.33. The summed E-state index contributed by atoms with van der Waals surface area (Å²) in [5.41, 5.74) is -0.371. The molecule has 0 radical (unpaired) electrons. The number of nitrogens with zero attached hydrogens (tertiary/aromatic N) is 1. The van der Waals surface area contributed by atoms with E-state index in [-0.39, 0.29) is 24.6 Å².